The van der Waals surface area contributed by atoms with Crippen LogP contribution in [-0.2, 0) is 11.2 Å². The zero-order valence-electron chi connectivity index (χ0n) is 19.7. The number of hydrogen-bond acceptors (Lipinski definition) is 4. The van der Waals surface area contributed by atoms with E-state index in [0.29, 0.717) is 30.2 Å². The molecule has 33 heavy (non-hydrogen) atoms. The number of nitriles is 1. The molecule has 2 aliphatic rings. The summed E-state index contributed by atoms with van der Waals surface area (Å²) in [5, 5.41) is 13.4. The molecule has 2 fully saturated rings. The largest absolute Gasteiger partial charge is 0.353 e. The summed E-state index contributed by atoms with van der Waals surface area (Å²) in [5.74, 6) is 1.38. The van der Waals surface area contributed by atoms with Crippen molar-refractivity contribution in [2.45, 2.75) is 90.1 Å². The van der Waals surface area contributed by atoms with Gasteiger partial charge in [0.25, 0.3) is 0 Å². The third kappa shape index (κ3) is 4.48. The highest BCUT2D eigenvalue weighted by atomic mass is 16.1. The number of hydrogen-bond donors (Lipinski definition) is 2. The Morgan fingerprint density at radius 3 is 2.73 bits per heavy atom. The van der Waals surface area contributed by atoms with Gasteiger partial charge >= 0.3 is 0 Å². The molecule has 0 atom stereocenters. The minimum atomic E-state index is 0.0627. The molecule has 0 unspecified atom stereocenters. The molecule has 0 bridgehead atoms. The van der Waals surface area contributed by atoms with E-state index in [2.05, 4.69) is 45.8 Å². The molecule has 3 aromatic rings. The average Bonchev–Trinajstić information content (AvgIpc) is 3.40. The first kappa shape index (κ1) is 21.9. The van der Waals surface area contributed by atoms with Crippen LogP contribution in [0.3, 0.4) is 0 Å². The van der Waals surface area contributed by atoms with E-state index in [1.54, 1.807) is 0 Å². The van der Waals surface area contributed by atoms with Crippen LogP contribution < -0.4 is 5.32 Å². The summed E-state index contributed by atoms with van der Waals surface area (Å²) in [4.78, 5) is 25.7. The molecule has 0 spiro atoms. The van der Waals surface area contributed by atoms with Crippen LogP contribution in [0, 0.1) is 22.7 Å². The SMILES string of the molecule is CC1(C)CCC(NC(=O)Cc2nc3cnc4[nH]ccc4c3n2[C@H]2CC[C@H](CC#N)CC2)CC1. The van der Waals surface area contributed by atoms with Gasteiger partial charge in [0.2, 0.25) is 5.91 Å². The van der Waals surface area contributed by atoms with Crippen molar-refractivity contribution in [2.75, 3.05) is 0 Å². The van der Waals surface area contributed by atoms with Crippen molar-refractivity contribution in [3.8, 4) is 6.07 Å². The fourth-order valence-corrected chi connectivity index (χ4v) is 5.86. The van der Waals surface area contributed by atoms with Gasteiger partial charge in [0.1, 0.15) is 17.0 Å². The highest BCUT2D eigenvalue weighted by Gasteiger charge is 2.30. The number of pyridine rings is 1. The van der Waals surface area contributed by atoms with Gasteiger partial charge in [-0.25, -0.2) is 9.97 Å². The lowest BCUT2D eigenvalue weighted by molar-refractivity contribution is -0.121. The molecule has 0 saturated heterocycles. The maximum atomic E-state index is 13.1. The van der Waals surface area contributed by atoms with Crippen LogP contribution in [0.15, 0.2) is 18.5 Å². The number of rotatable bonds is 5. The van der Waals surface area contributed by atoms with Gasteiger partial charge < -0.3 is 14.9 Å². The van der Waals surface area contributed by atoms with Gasteiger partial charge in [-0.15, -0.1) is 0 Å². The monoisotopic (exact) mass is 446 g/mol. The lowest BCUT2D eigenvalue weighted by Crippen LogP contribution is -2.40. The molecule has 7 nitrogen and oxygen atoms in total. The molecular formula is C26H34N6O. The molecule has 2 saturated carbocycles. The molecular weight excluding hydrogens is 412 g/mol. The number of fused-ring (bicyclic) bond motifs is 3. The van der Waals surface area contributed by atoms with Crippen LogP contribution >= 0.6 is 0 Å². The summed E-state index contributed by atoms with van der Waals surface area (Å²) < 4.78 is 2.32. The maximum absolute atomic E-state index is 13.1. The Hall–Kier alpha value is -2.88. The van der Waals surface area contributed by atoms with Crippen LogP contribution in [0.2, 0.25) is 0 Å². The van der Waals surface area contributed by atoms with Crippen LogP contribution in [0.1, 0.15) is 83.5 Å². The number of nitrogens with zero attached hydrogens (tertiary/aromatic N) is 4. The first-order valence-electron chi connectivity index (χ1n) is 12.4. The van der Waals surface area contributed by atoms with Crippen LogP contribution in [-0.4, -0.2) is 31.5 Å². The normalized spacial score (nSPS) is 23.5. The molecule has 5 rings (SSSR count). The molecule has 0 aliphatic heterocycles. The van der Waals surface area contributed by atoms with E-state index in [0.717, 1.165) is 79.3 Å². The third-order valence-corrected chi connectivity index (χ3v) is 7.89. The summed E-state index contributed by atoms with van der Waals surface area (Å²) in [6.07, 6.45) is 13.2. The standard InChI is InChI=1S/C26H34N6O/c1-26(2)11-7-18(8-12-26)30-23(33)15-22-31-21-16-29-25-20(10-14-28-25)24(21)32(22)19-5-3-17(4-6-19)9-13-27/h10,14,16-19H,3-9,11-12,15H2,1-2H3,(H,28,29)(H,30,33)/t17-,19-. The Labute approximate surface area is 195 Å². The molecule has 2 aliphatic carbocycles. The number of carbonyl (C=O) groups excluding carboxylic acids is 1. The van der Waals surface area contributed by atoms with Crippen molar-refractivity contribution in [1.82, 2.24) is 24.8 Å². The van der Waals surface area contributed by atoms with Gasteiger partial charge in [-0.1, -0.05) is 13.8 Å². The number of nitrogens with one attached hydrogen (secondary N) is 2. The van der Waals surface area contributed by atoms with Crippen molar-refractivity contribution in [3.05, 3.63) is 24.3 Å². The second-order valence-corrected chi connectivity index (χ2v) is 10.8. The van der Waals surface area contributed by atoms with Crippen LogP contribution in [0.25, 0.3) is 22.1 Å². The third-order valence-electron chi connectivity index (χ3n) is 7.89. The topological polar surface area (TPSA) is 99.4 Å². The summed E-state index contributed by atoms with van der Waals surface area (Å²) in [6.45, 7) is 4.63. The van der Waals surface area contributed by atoms with Crippen LogP contribution in [0.4, 0.5) is 0 Å². The number of aromatic nitrogens is 4. The van der Waals surface area contributed by atoms with Gasteiger partial charge in [0.05, 0.1) is 24.2 Å². The van der Waals surface area contributed by atoms with Gasteiger partial charge in [-0.05, 0) is 68.8 Å². The first-order valence-corrected chi connectivity index (χ1v) is 12.4. The molecule has 3 heterocycles. The van der Waals surface area contributed by atoms with E-state index < -0.39 is 0 Å². The molecule has 174 valence electrons. The van der Waals surface area contributed by atoms with Crippen molar-refractivity contribution >= 4 is 28.0 Å². The lowest BCUT2D eigenvalue weighted by atomic mass is 9.75. The summed E-state index contributed by atoms with van der Waals surface area (Å²) >= 11 is 0. The van der Waals surface area contributed by atoms with Crippen LogP contribution in [0.5, 0.6) is 0 Å². The molecule has 0 radical (unpaired) electrons. The number of imidazole rings is 1. The van der Waals surface area contributed by atoms with Crippen molar-refractivity contribution in [3.63, 3.8) is 0 Å². The van der Waals surface area contributed by atoms with E-state index in [1.807, 2.05) is 12.4 Å². The van der Waals surface area contributed by atoms with E-state index >= 15 is 0 Å². The smallest absolute Gasteiger partial charge is 0.227 e. The minimum absolute atomic E-state index is 0.0627. The zero-order valence-corrected chi connectivity index (χ0v) is 19.7. The Balaban J connectivity index is 1.41. The van der Waals surface area contributed by atoms with E-state index in [1.165, 1.54) is 0 Å². The summed E-state index contributed by atoms with van der Waals surface area (Å²) in [5.41, 5.74) is 3.16. The van der Waals surface area contributed by atoms with Gasteiger partial charge in [0.15, 0.2) is 0 Å². The Kier molecular flexibility index (Phi) is 5.86. The molecule has 0 aromatic carbocycles. The number of aromatic amines is 1. The summed E-state index contributed by atoms with van der Waals surface area (Å²) in [6, 6.07) is 4.95. The predicted octanol–water partition coefficient (Wildman–Crippen LogP) is 5.19. The number of H-pyrrole nitrogens is 1. The molecule has 2 N–H and O–H groups in total. The van der Waals surface area contributed by atoms with E-state index in [9.17, 15) is 4.79 Å². The molecule has 1 amide bonds. The van der Waals surface area contributed by atoms with Gasteiger partial charge in [0, 0.05) is 30.1 Å². The quantitative estimate of drug-likeness (QED) is 0.564. The lowest BCUT2D eigenvalue weighted by Gasteiger charge is -2.34. The first-order chi connectivity index (χ1) is 15.9. The number of carbonyl (C=O) groups is 1. The predicted molar refractivity (Wildman–Crippen MR) is 128 cm³/mol. The zero-order chi connectivity index (χ0) is 23.0. The van der Waals surface area contributed by atoms with Crippen molar-refractivity contribution < 1.29 is 4.79 Å². The second-order valence-electron chi connectivity index (χ2n) is 10.8. The highest BCUT2D eigenvalue weighted by Crippen LogP contribution is 2.38. The van der Waals surface area contributed by atoms with E-state index in [-0.39, 0.29) is 11.9 Å². The Morgan fingerprint density at radius 1 is 1.24 bits per heavy atom. The van der Waals surface area contributed by atoms with Crippen molar-refractivity contribution in [2.24, 2.45) is 11.3 Å². The molecule has 7 heteroatoms. The van der Waals surface area contributed by atoms with Gasteiger partial charge in [-0.2, -0.15) is 5.26 Å². The number of amides is 1. The fourth-order valence-electron chi connectivity index (χ4n) is 5.86. The van der Waals surface area contributed by atoms with Gasteiger partial charge in [-0.3, -0.25) is 4.79 Å². The maximum Gasteiger partial charge on any atom is 0.227 e. The Bertz CT molecular complexity index is 1180. The summed E-state index contributed by atoms with van der Waals surface area (Å²) in [7, 11) is 0. The van der Waals surface area contributed by atoms with Crippen molar-refractivity contribution in [1.29, 1.82) is 5.26 Å². The van der Waals surface area contributed by atoms with E-state index in [4.69, 9.17) is 10.2 Å². The minimum Gasteiger partial charge on any atom is -0.353 e. The highest BCUT2D eigenvalue weighted by molar-refractivity contribution is 6.01. The fraction of sp³-hybridized carbons (Fsp3) is 0.615. The molecule has 3 aromatic heterocycles. The average molecular weight is 447 g/mol. The Morgan fingerprint density at radius 2 is 2.00 bits per heavy atom. The second kappa shape index (κ2) is 8.81.